The van der Waals surface area contributed by atoms with Gasteiger partial charge in [0.1, 0.15) is 11.9 Å². The highest BCUT2D eigenvalue weighted by Crippen LogP contribution is 2.30. The molecule has 3 unspecified atom stereocenters. The lowest BCUT2D eigenvalue weighted by Crippen LogP contribution is -2.44. The van der Waals surface area contributed by atoms with Crippen molar-refractivity contribution in [2.75, 3.05) is 5.32 Å². The van der Waals surface area contributed by atoms with E-state index in [0.29, 0.717) is 5.82 Å². The minimum Gasteiger partial charge on any atom is -0.378 e. The van der Waals surface area contributed by atoms with Crippen molar-refractivity contribution >= 4 is 17.6 Å². The van der Waals surface area contributed by atoms with Crippen LogP contribution in [-0.4, -0.2) is 32.7 Å². The molecule has 0 bridgehead atoms. The van der Waals surface area contributed by atoms with Crippen LogP contribution in [0, 0.1) is 0 Å². The number of rotatable bonds is 8. The third kappa shape index (κ3) is 7.22. The lowest BCUT2D eigenvalue weighted by atomic mass is 9.98. The molecule has 0 radical (unpaired) electrons. The number of halogens is 3. The summed E-state index contributed by atoms with van der Waals surface area (Å²) in [6.07, 6.45) is -5.50. The van der Waals surface area contributed by atoms with Gasteiger partial charge in [0, 0.05) is 12.0 Å². The van der Waals surface area contributed by atoms with Gasteiger partial charge in [-0.15, -0.1) is 0 Å². The van der Waals surface area contributed by atoms with Crippen LogP contribution < -0.4 is 10.6 Å². The summed E-state index contributed by atoms with van der Waals surface area (Å²) in [6.45, 7) is 9.36. The average molecular weight is 531 g/mol. The van der Waals surface area contributed by atoms with Gasteiger partial charge in [-0.25, -0.2) is 4.68 Å². The van der Waals surface area contributed by atoms with E-state index >= 15 is 0 Å². The van der Waals surface area contributed by atoms with Crippen LogP contribution in [-0.2, 0) is 27.7 Å². The molecule has 0 aliphatic carbocycles. The van der Waals surface area contributed by atoms with E-state index < -0.39 is 41.2 Å². The van der Waals surface area contributed by atoms with E-state index in [1.807, 2.05) is 57.2 Å². The van der Waals surface area contributed by atoms with Crippen molar-refractivity contribution in [3.8, 4) is 0 Å². The van der Waals surface area contributed by atoms with Crippen LogP contribution in [0.15, 0.2) is 60.7 Å². The van der Waals surface area contributed by atoms with Gasteiger partial charge in [0.05, 0.1) is 16.8 Å². The first-order valence-corrected chi connectivity index (χ1v) is 12.3. The summed E-state index contributed by atoms with van der Waals surface area (Å²) < 4.78 is 40.0. The van der Waals surface area contributed by atoms with Gasteiger partial charge in [0.2, 0.25) is 5.91 Å². The molecule has 7 nitrogen and oxygen atoms in total. The lowest BCUT2D eigenvalue weighted by molar-refractivity contribution is -0.137. The van der Waals surface area contributed by atoms with Crippen molar-refractivity contribution in [1.29, 1.82) is 0 Å². The molecule has 1 heterocycles. The van der Waals surface area contributed by atoms with Crippen molar-refractivity contribution in [1.82, 2.24) is 15.1 Å². The minimum absolute atomic E-state index is 0.0223. The highest BCUT2D eigenvalue weighted by Gasteiger charge is 2.31. The predicted octanol–water partition coefficient (Wildman–Crippen LogP) is 5.18. The van der Waals surface area contributed by atoms with Crippen molar-refractivity contribution in [2.24, 2.45) is 0 Å². The van der Waals surface area contributed by atoms with Crippen LogP contribution in [0.4, 0.5) is 19.0 Å². The number of amides is 2. The van der Waals surface area contributed by atoms with Crippen LogP contribution in [0.3, 0.4) is 0 Å². The molecule has 3 N–H and O–H groups in total. The molecule has 0 aliphatic rings. The third-order valence-corrected chi connectivity index (χ3v) is 6.06. The van der Waals surface area contributed by atoms with Crippen molar-refractivity contribution < 1.29 is 27.9 Å². The molecular formula is C28H33F3N4O3. The summed E-state index contributed by atoms with van der Waals surface area (Å²) in [6, 6.07) is 14.4. The van der Waals surface area contributed by atoms with E-state index in [1.165, 1.54) is 12.5 Å². The Bertz CT molecular complexity index is 1250. The molecular weight excluding hydrogens is 497 g/mol. The quantitative estimate of drug-likeness (QED) is 0.374. The summed E-state index contributed by atoms with van der Waals surface area (Å²) >= 11 is 0. The number of aliphatic hydroxyl groups is 1. The Labute approximate surface area is 220 Å². The Morgan fingerprint density at radius 3 is 2.13 bits per heavy atom. The second-order valence-electron chi connectivity index (χ2n) is 10.4. The molecule has 3 aromatic rings. The van der Waals surface area contributed by atoms with E-state index in [1.54, 1.807) is 4.68 Å². The lowest BCUT2D eigenvalue weighted by Gasteiger charge is -2.23. The van der Waals surface area contributed by atoms with Gasteiger partial charge >= 0.3 is 6.18 Å². The molecule has 1 aromatic heterocycles. The first-order chi connectivity index (χ1) is 17.7. The SMILES string of the molecule is CC(NC(=O)C(O)c1ccc(C(F)(F)F)cc1)C(=O)Nc1cc(C(C)Cc2ccccc2)nn1C(C)(C)C. The Morgan fingerprint density at radius 2 is 1.58 bits per heavy atom. The largest absolute Gasteiger partial charge is 0.416 e. The van der Waals surface area contributed by atoms with Gasteiger partial charge in [-0.05, 0) is 57.4 Å². The standard InChI is InChI=1S/C28H33F3N4O3/c1-17(15-19-9-7-6-8-10-19)22-16-23(35(34-22)27(3,4)5)33-25(37)18(2)32-26(38)24(36)20-11-13-21(14-12-20)28(29,30)31/h6-14,16-18,24,36H,15H2,1-5H3,(H,32,38)(H,33,37). The maximum absolute atomic E-state index is 12.9. The first-order valence-electron chi connectivity index (χ1n) is 12.3. The molecule has 10 heteroatoms. The number of alkyl halides is 3. The third-order valence-electron chi connectivity index (χ3n) is 6.06. The fourth-order valence-electron chi connectivity index (χ4n) is 3.91. The van der Waals surface area contributed by atoms with Crippen LogP contribution in [0.25, 0.3) is 0 Å². The maximum atomic E-state index is 12.9. The highest BCUT2D eigenvalue weighted by molar-refractivity contribution is 5.97. The number of anilines is 1. The van der Waals surface area contributed by atoms with Gasteiger partial charge in [-0.2, -0.15) is 18.3 Å². The number of aliphatic hydroxyl groups excluding tert-OH is 1. The molecule has 0 spiro atoms. The van der Waals surface area contributed by atoms with E-state index in [9.17, 15) is 27.9 Å². The van der Waals surface area contributed by atoms with E-state index in [-0.39, 0.29) is 11.5 Å². The molecule has 0 aliphatic heterocycles. The Hall–Kier alpha value is -3.66. The van der Waals surface area contributed by atoms with Crippen molar-refractivity contribution in [3.63, 3.8) is 0 Å². The summed E-state index contributed by atoms with van der Waals surface area (Å²) in [7, 11) is 0. The number of aromatic nitrogens is 2. The van der Waals surface area contributed by atoms with Crippen LogP contribution in [0.1, 0.15) is 69.0 Å². The van der Waals surface area contributed by atoms with Gasteiger partial charge in [-0.1, -0.05) is 49.4 Å². The number of nitrogens with zero attached hydrogens (tertiary/aromatic N) is 2. The zero-order chi connectivity index (χ0) is 28.3. The van der Waals surface area contributed by atoms with E-state index in [4.69, 9.17) is 5.10 Å². The number of hydrogen-bond acceptors (Lipinski definition) is 4. The van der Waals surface area contributed by atoms with Gasteiger partial charge < -0.3 is 15.7 Å². The number of carbonyl (C=O) groups excluding carboxylic acids is 2. The average Bonchev–Trinajstić information content (AvgIpc) is 3.28. The molecule has 0 fully saturated rings. The van der Waals surface area contributed by atoms with Crippen molar-refractivity contribution in [3.05, 3.63) is 83.0 Å². The second kappa shape index (κ2) is 11.4. The van der Waals surface area contributed by atoms with Gasteiger partial charge in [0.15, 0.2) is 6.10 Å². The summed E-state index contributed by atoms with van der Waals surface area (Å²) in [4.78, 5) is 25.4. The minimum atomic E-state index is -4.53. The Kier molecular flexibility index (Phi) is 8.66. The smallest absolute Gasteiger partial charge is 0.378 e. The summed E-state index contributed by atoms with van der Waals surface area (Å²) in [5.41, 5.74) is 0.603. The number of nitrogens with one attached hydrogen (secondary N) is 2. The van der Waals surface area contributed by atoms with Crippen molar-refractivity contribution in [2.45, 2.75) is 70.8 Å². The molecule has 2 amide bonds. The zero-order valence-electron chi connectivity index (χ0n) is 22.0. The highest BCUT2D eigenvalue weighted by atomic mass is 19.4. The molecule has 0 saturated heterocycles. The molecule has 3 rings (SSSR count). The Balaban J connectivity index is 1.69. The monoisotopic (exact) mass is 530 g/mol. The fourth-order valence-corrected chi connectivity index (χ4v) is 3.91. The normalized spacial score (nSPS) is 14.4. The predicted molar refractivity (Wildman–Crippen MR) is 138 cm³/mol. The van der Waals surface area contributed by atoms with Crippen LogP contribution in [0.5, 0.6) is 0 Å². The summed E-state index contributed by atoms with van der Waals surface area (Å²) in [5.74, 6) is -0.908. The molecule has 38 heavy (non-hydrogen) atoms. The van der Waals surface area contributed by atoms with E-state index in [0.717, 1.165) is 36.4 Å². The van der Waals surface area contributed by atoms with Crippen LogP contribution in [0.2, 0.25) is 0 Å². The molecule has 2 aromatic carbocycles. The van der Waals surface area contributed by atoms with Gasteiger partial charge in [0.25, 0.3) is 5.91 Å². The number of hydrogen-bond donors (Lipinski definition) is 3. The second-order valence-corrected chi connectivity index (χ2v) is 10.4. The summed E-state index contributed by atoms with van der Waals surface area (Å²) in [5, 5.41) is 20.3. The Morgan fingerprint density at radius 1 is 0.974 bits per heavy atom. The molecule has 3 atom stereocenters. The first kappa shape index (κ1) is 28.9. The van der Waals surface area contributed by atoms with Gasteiger partial charge in [-0.3, -0.25) is 9.59 Å². The fraction of sp³-hybridized carbons (Fsp3) is 0.393. The number of carbonyl (C=O) groups is 2. The number of benzene rings is 2. The van der Waals surface area contributed by atoms with E-state index in [2.05, 4.69) is 17.6 Å². The maximum Gasteiger partial charge on any atom is 0.416 e. The molecule has 0 saturated carbocycles. The van der Waals surface area contributed by atoms with Crippen LogP contribution >= 0.6 is 0 Å². The topological polar surface area (TPSA) is 96.2 Å². The zero-order valence-corrected chi connectivity index (χ0v) is 22.0. The molecule has 204 valence electrons.